The van der Waals surface area contributed by atoms with Crippen molar-refractivity contribution in [1.29, 1.82) is 0 Å². The smallest absolute Gasteiger partial charge is 0.199 e. The van der Waals surface area contributed by atoms with Gasteiger partial charge in [-0.05, 0) is 29.7 Å². The fraction of sp³-hybridized carbons (Fsp3) is 0. The summed E-state index contributed by atoms with van der Waals surface area (Å²) < 4.78 is 2.09. The molecule has 15 heavy (non-hydrogen) atoms. The average Bonchev–Trinajstić information content (AvgIpc) is 2.82. The molecule has 0 radical (unpaired) electrons. The summed E-state index contributed by atoms with van der Waals surface area (Å²) in [5.41, 5.74) is 1.27. The molecule has 1 aromatic carbocycles. The van der Waals surface area contributed by atoms with Crippen LogP contribution in [0, 0.1) is 0 Å². The molecule has 0 fully saturated rings. The Morgan fingerprint density at radius 1 is 1.20 bits per heavy atom. The summed E-state index contributed by atoms with van der Waals surface area (Å²) >= 11 is 3.36. The summed E-state index contributed by atoms with van der Waals surface area (Å²) in [5, 5.41) is 3.01. The lowest BCUT2D eigenvalue weighted by molar-refractivity contribution is 1.30. The maximum Gasteiger partial charge on any atom is 0.199 e. The number of rotatable bonds is 1. The van der Waals surface area contributed by atoms with Crippen LogP contribution in [0.4, 0.5) is 5.13 Å². The summed E-state index contributed by atoms with van der Waals surface area (Å²) in [6.07, 6.45) is 6.01. The quantitative estimate of drug-likeness (QED) is 0.698. The first kappa shape index (κ1) is 9.00. The monoisotopic (exact) mass is 232 g/mol. The Hall–Kier alpha value is -1.26. The molecule has 1 aliphatic heterocycles. The van der Waals surface area contributed by atoms with Crippen molar-refractivity contribution in [3.63, 3.8) is 0 Å². The van der Waals surface area contributed by atoms with E-state index in [1.54, 1.807) is 23.3 Å². The number of aromatic nitrogens is 1. The third-order valence-electron chi connectivity index (χ3n) is 2.11. The molecule has 0 atom stereocenters. The van der Waals surface area contributed by atoms with Gasteiger partial charge in [-0.3, -0.25) is 4.31 Å². The molecule has 0 unspecified atom stereocenters. The van der Waals surface area contributed by atoms with Crippen molar-refractivity contribution >= 4 is 34.5 Å². The number of hydrogen-bond donors (Lipinski definition) is 0. The maximum absolute atomic E-state index is 4.29. The first-order chi connectivity index (χ1) is 7.43. The van der Waals surface area contributed by atoms with Gasteiger partial charge in [-0.2, -0.15) is 0 Å². The molecule has 2 heterocycles. The number of benzene rings is 1. The standard InChI is InChI=1S/C11H8N2S2/c1-2-4-10-9(3-1)5-7-13(15-10)11-12-6-8-14-11/h1-8H. The Balaban J connectivity index is 1.96. The van der Waals surface area contributed by atoms with E-state index in [9.17, 15) is 0 Å². The van der Waals surface area contributed by atoms with Gasteiger partial charge in [0.25, 0.3) is 0 Å². The van der Waals surface area contributed by atoms with Crippen LogP contribution in [0.15, 0.2) is 46.9 Å². The van der Waals surface area contributed by atoms with Gasteiger partial charge < -0.3 is 0 Å². The third kappa shape index (κ3) is 1.66. The zero-order valence-corrected chi connectivity index (χ0v) is 9.46. The molecule has 0 bridgehead atoms. The molecule has 2 aromatic rings. The summed E-state index contributed by atoms with van der Waals surface area (Å²) in [4.78, 5) is 5.56. The molecule has 2 nitrogen and oxygen atoms in total. The van der Waals surface area contributed by atoms with Gasteiger partial charge in [0, 0.05) is 22.7 Å². The van der Waals surface area contributed by atoms with Crippen molar-refractivity contribution in [3.8, 4) is 0 Å². The summed E-state index contributed by atoms with van der Waals surface area (Å²) in [7, 11) is 0. The summed E-state index contributed by atoms with van der Waals surface area (Å²) in [6, 6.07) is 8.37. The van der Waals surface area contributed by atoms with E-state index < -0.39 is 0 Å². The molecule has 0 spiro atoms. The van der Waals surface area contributed by atoms with Gasteiger partial charge >= 0.3 is 0 Å². The van der Waals surface area contributed by atoms with Gasteiger partial charge in [-0.1, -0.05) is 18.2 Å². The molecule has 0 saturated heterocycles. The minimum Gasteiger partial charge on any atom is -0.263 e. The zero-order valence-electron chi connectivity index (χ0n) is 7.83. The van der Waals surface area contributed by atoms with Crippen molar-refractivity contribution in [2.45, 2.75) is 4.90 Å². The van der Waals surface area contributed by atoms with Crippen molar-refractivity contribution in [3.05, 3.63) is 47.6 Å². The molecular weight excluding hydrogens is 224 g/mol. The fourth-order valence-electron chi connectivity index (χ4n) is 1.41. The van der Waals surface area contributed by atoms with E-state index in [4.69, 9.17) is 0 Å². The van der Waals surface area contributed by atoms with E-state index in [1.165, 1.54) is 10.5 Å². The van der Waals surface area contributed by atoms with Crippen LogP contribution in [0.2, 0.25) is 0 Å². The lowest BCUT2D eigenvalue weighted by atomic mass is 10.2. The van der Waals surface area contributed by atoms with Gasteiger partial charge in [-0.15, -0.1) is 11.3 Å². The van der Waals surface area contributed by atoms with E-state index in [0.29, 0.717) is 0 Å². The van der Waals surface area contributed by atoms with Crippen LogP contribution in [0.5, 0.6) is 0 Å². The van der Waals surface area contributed by atoms with E-state index in [0.717, 1.165) is 5.13 Å². The first-order valence-electron chi connectivity index (χ1n) is 4.57. The zero-order chi connectivity index (χ0) is 10.1. The van der Waals surface area contributed by atoms with Crippen LogP contribution in [0.25, 0.3) is 6.08 Å². The highest BCUT2D eigenvalue weighted by Crippen LogP contribution is 2.36. The molecule has 0 N–H and O–H groups in total. The lowest BCUT2D eigenvalue weighted by Gasteiger charge is -2.20. The van der Waals surface area contributed by atoms with Gasteiger partial charge in [0.15, 0.2) is 5.13 Å². The molecule has 1 aromatic heterocycles. The lowest BCUT2D eigenvalue weighted by Crippen LogP contribution is -2.07. The molecule has 74 valence electrons. The summed E-state index contributed by atoms with van der Waals surface area (Å²) in [6.45, 7) is 0. The minimum absolute atomic E-state index is 1.02. The second kappa shape index (κ2) is 3.72. The maximum atomic E-state index is 4.29. The third-order valence-corrected chi connectivity index (χ3v) is 4.06. The van der Waals surface area contributed by atoms with E-state index in [-0.39, 0.29) is 0 Å². The minimum atomic E-state index is 1.02. The van der Waals surface area contributed by atoms with Crippen molar-refractivity contribution < 1.29 is 0 Å². The largest absolute Gasteiger partial charge is 0.263 e. The molecule has 0 saturated carbocycles. The normalized spacial score (nSPS) is 14.0. The predicted molar refractivity (Wildman–Crippen MR) is 65.9 cm³/mol. The number of hydrogen-bond acceptors (Lipinski definition) is 4. The van der Waals surface area contributed by atoms with Crippen LogP contribution >= 0.6 is 23.3 Å². The molecule has 1 aliphatic rings. The molecular formula is C11H8N2S2. The van der Waals surface area contributed by atoms with Crippen LogP contribution in [-0.4, -0.2) is 4.98 Å². The fourth-order valence-corrected chi connectivity index (χ4v) is 3.02. The van der Waals surface area contributed by atoms with Gasteiger partial charge in [0.1, 0.15) is 0 Å². The highest BCUT2D eigenvalue weighted by molar-refractivity contribution is 8.01. The Labute approximate surface area is 96.4 Å². The van der Waals surface area contributed by atoms with Crippen molar-refractivity contribution in [1.82, 2.24) is 4.98 Å². The molecule has 4 heteroatoms. The highest BCUT2D eigenvalue weighted by atomic mass is 32.2. The Bertz CT molecular complexity index is 491. The number of fused-ring (bicyclic) bond motifs is 1. The second-order valence-corrected chi connectivity index (χ2v) is 4.97. The van der Waals surface area contributed by atoms with Gasteiger partial charge in [-0.25, -0.2) is 4.98 Å². The van der Waals surface area contributed by atoms with E-state index >= 15 is 0 Å². The van der Waals surface area contributed by atoms with Crippen LogP contribution in [0.3, 0.4) is 0 Å². The Kier molecular flexibility index (Phi) is 2.23. The first-order valence-corrected chi connectivity index (χ1v) is 6.23. The molecule has 0 aliphatic carbocycles. The Morgan fingerprint density at radius 3 is 3.00 bits per heavy atom. The van der Waals surface area contributed by atoms with Crippen LogP contribution in [-0.2, 0) is 0 Å². The summed E-state index contributed by atoms with van der Waals surface area (Å²) in [5.74, 6) is 0. The van der Waals surface area contributed by atoms with Crippen molar-refractivity contribution in [2.75, 3.05) is 4.31 Å². The average molecular weight is 232 g/mol. The topological polar surface area (TPSA) is 16.1 Å². The number of nitrogens with zero attached hydrogens (tertiary/aromatic N) is 2. The SMILES string of the molecule is C1=CN(c2nccs2)Sc2ccccc21. The highest BCUT2D eigenvalue weighted by Gasteiger charge is 2.13. The predicted octanol–water partition coefficient (Wildman–Crippen LogP) is 3.64. The Morgan fingerprint density at radius 2 is 2.13 bits per heavy atom. The van der Waals surface area contributed by atoms with Crippen LogP contribution < -0.4 is 4.31 Å². The number of thiazole rings is 1. The second-order valence-electron chi connectivity index (χ2n) is 3.09. The van der Waals surface area contributed by atoms with E-state index in [2.05, 4.69) is 45.8 Å². The van der Waals surface area contributed by atoms with Crippen molar-refractivity contribution in [2.24, 2.45) is 0 Å². The molecule has 3 rings (SSSR count). The van der Waals surface area contributed by atoms with Crippen LogP contribution in [0.1, 0.15) is 5.56 Å². The van der Waals surface area contributed by atoms with Gasteiger partial charge in [0.05, 0.1) is 0 Å². The number of anilines is 1. The van der Waals surface area contributed by atoms with Gasteiger partial charge in [0.2, 0.25) is 0 Å². The van der Waals surface area contributed by atoms with E-state index in [1.807, 2.05) is 11.6 Å². The molecule has 0 amide bonds.